The molecule has 10 heavy (non-hydrogen) atoms. The summed E-state index contributed by atoms with van der Waals surface area (Å²) in [6.07, 6.45) is 0.858. The Morgan fingerprint density at radius 3 is 2.20 bits per heavy atom. The van der Waals surface area contributed by atoms with E-state index in [0.717, 1.165) is 12.2 Å². The molecule has 53 valence electrons. The lowest BCUT2D eigenvalue weighted by atomic mass is 10.1. The molecule has 0 aliphatic rings. The smallest absolute Gasteiger partial charge is 0.0157 e. The SMILES string of the molecule is [CH2]Cc1ccccc1CS. The number of hydrogen-bond donors (Lipinski definition) is 1. The van der Waals surface area contributed by atoms with Crippen LogP contribution >= 0.6 is 12.6 Å². The van der Waals surface area contributed by atoms with E-state index in [4.69, 9.17) is 0 Å². The third-order valence-electron chi connectivity index (χ3n) is 1.56. The van der Waals surface area contributed by atoms with Crippen molar-refractivity contribution in [3.8, 4) is 0 Å². The van der Waals surface area contributed by atoms with Crippen molar-refractivity contribution in [1.82, 2.24) is 0 Å². The Bertz CT molecular complexity index is 183. The molecule has 0 saturated heterocycles. The van der Waals surface area contributed by atoms with E-state index in [1.165, 1.54) is 11.1 Å². The van der Waals surface area contributed by atoms with Crippen LogP contribution in [0.15, 0.2) is 24.3 Å². The van der Waals surface area contributed by atoms with Crippen molar-refractivity contribution in [2.75, 3.05) is 0 Å². The maximum Gasteiger partial charge on any atom is 0.0157 e. The largest absolute Gasteiger partial charge is 0.175 e. The molecule has 0 atom stereocenters. The second-order valence-corrected chi connectivity index (χ2v) is 2.49. The molecule has 1 rings (SSSR count). The molecule has 0 aliphatic heterocycles. The topological polar surface area (TPSA) is 0 Å². The van der Waals surface area contributed by atoms with Gasteiger partial charge in [0.05, 0.1) is 0 Å². The minimum atomic E-state index is 0.811. The molecule has 1 aromatic carbocycles. The van der Waals surface area contributed by atoms with E-state index in [1.54, 1.807) is 0 Å². The Morgan fingerprint density at radius 2 is 1.80 bits per heavy atom. The van der Waals surface area contributed by atoms with Gasteiger partial charge < -0.3 is 0 Å². The zero-order valence-electron chi connectivity index (χ0n) is 5.88. The minimum Gasteiger partial charge on any atom is -0.175 e. The monoisotopic (exact) mass is 151 g/mol. The summed E-state index contributed by atoms with van der Waals surface area (Å²) in [5, 5.41) is 0. The van der Waals surface area contributed by atoms with E-state index < -0.39 is 0 Å². The van der Waals surface area contributed by atoms with Crippen molar-refractivity contribution >= 4 is 12.6 Å². The summed E-state index contributed by atoms with van der Waals surface area (Å²) in [7, 11) is 0. The van der Waals surface area contributed by atoms with Gasteiger partial charge in [-0.2, -0.15) is 12.6 Å². The van der Waals surface area contributed by atoms with E-state index in [2.05, 4.69) is 31.7 Å². The van der Waals surface area contributed by atoms with Crippen molar-refractivity contribution in [2.45, 2.75) is 12.2 Å². The van der Waals surface area contributed by atoms with Gasteiger partial charge in [0.25, 0.3) is 0 Å². The van der Waals surface area contributed by atoms with Gasteiger partial charge in [0.2, 0.25) is 0 Å². The van der Waals surface area contributed by atoms with Crippen LogP contribution in [0.25, 0.3) is 0 Å². The third-order valence-corrected chi connectivity index (χ3v) is 1.90. The molecule has 0 N–H and O–H groups in total. The van der Waals surface area contributed by atoms with E-state index in [9.17, 15) is 0 Å². The summed E-state index contributed by atoms with van der Waals surface area (Å²) in [4.78, 5) is 0. The van der Waals surface area contributed by atoms with E-state index in [0.29, 0.717) is 0 Å². The van der Waals surface area contributed by atoms with Crippen LogP contribution in [-0.2, 0) is 12.2 Å². The molecule has 0 spiro atoms. The summed E-state index contributed by atoms with van der Waals surface area (Å²) in [5.74, 6) is 0.811. The maximum atomic E-state index is 4.21. The Labute approximate surface area is 67.7 Å². The van der Waals surface area contributed by atoms with Gasteiger partial charge in [-0.1, -0.05) is 24.3 Å². The van der Waals surface area contributed by atoms with Crippen LogP contribution in [-0.4, -0.2) is 0 Å². The van der Waals surface area contributed by atoms with Gasteiger partial charge in [0.15, 0.2) is 0 Å². The number of benzene rings is 1. The fourth-order valence-corrected chi connectivity index (χ4v) is 1.26. The molecule has 0 amide bonds. The molecule has 0 fully saturated rings. The van der Waals surface area contributed by atoms with Gasteiger partial charge in [-0.3, -0.25) is 0 Å². The summed E-state index contributed by atoms with van der Waals surface area (Å²) in [6, 6.07) is 8.25. The number of hydrogen-bond acceptors (Lipinski definition) is 1. The Hall–Kier alpha value is -0.430. The third kappa shape index (κ3) is 1.54. The maximum absolute atomic E-state index is 4.21. The van der Waals surface area contributed by atoms with Crippen molar-refractivity contribution < 1.29 is 0 Å². The van der Waals surface area contributed by atoms with E-state index in [1.807, 2.05) is 12.1 Å². The second kappa shape index (κ2) is 3.67. The summed E-state index contributed by atoms with van der Waals surface area (Å²) in [5.41, 5.74) is 2.60. The first-order chi connectivity index (χ1) is 4.88. The molecule has 0 nitrogen and oxygen atoms in total. The molecule has 0 aromatic heterocycles. The highest BCUT2D eigenvalue weighted by Crippen LogP contribution is 2.10. The van der Waals surface area contributed by atoms with Gasteiger partial charge in [-0.05, 0) is 24.5 Å². The minimum absolute atomic E-state index is 0.811. The lowest BCUT2D eigenvalue weighted by Gasteiger charge is -2.01. The van der Waals surface area contributed by atoms with Crippen molar-refractivity contribution in [2.24, 2.45) is 0 Å². The fourth-order valence-electron chi connectivity index (χ4n) is 0.956. The molecule has 0 saturated carbocycles. The second-order valence-electron chi connectivity index (χ2n) is 2.18. The predicted octanol–water partition coefficient (Wildman–Crippen LogP) is 2.49. The van der Waals surface area contributed by atoms with Crippen molar-refractivity contribution in [1.29, 1.82) is 0 Å². The first-order valence-corrected chi connectivity index (χ1v) is 3.98. The summed E-state index contributed by atoms with van der Waals surface area (Å²) >= 11 is 4.21. The highest BCUT2D eigenvalue weighted by molar-refractivity contribution is 7.79. The van der Waals surface area contributed by atoms with Crippen molar-refractivity contribution in [3.63, 3.8) is 0 Å². The van der Waals surface area contributed by atoms with Crippen molar-refractivity contribution in [3.05, 3.63) is 42.3 Å². The Kier molecular flexibility index (Phi) is 2.82. The lowest BCUT2D eigenvalue weighted by Crippen LogP contribution is -1.87. The predicted molar refractivity (Wildman–Crippen MR) is 48.2 cm³/mol. The van der Waals surface area contributed by atoms with Crippen LogP contribution in [0.5, 0.6) is 0 Å². The molecule has 1 heteroatoms. The summed E-state index contributed by atoms with van der Waals surface area (Å²) < 4.78 is 0. The van der Waals surface area contributed by atoms with Crippen LogP contribution in [0.1, 0.15) is 11.1 Å². The van der Waals surface area contributed by atoms with Gasteiger partial charge in [0.1, 0.15) is 0 Å². The average molecular weight is 151 g/mol. The first-order valence-electron chi connectivity index (χ1n) is 3.35. The Balaban J connectivity index is 2.96. The molecule has 0 unspecified atom stereocenters. The van der Waals surface area contributed by atoms with Crippen LogP contribution in [0.3, 0.4) is 0 Å². The Morgan fingerprint density at radius 1 is 1.20 bits per heavy atom. The van der Waals surface area contributed by atoms with Crippen LogP contribution < -0.4 is 0 Å². The molecule has 0 bridgehead atoms. The molecular formula is C9H11S. The quantitative estimate of drug-likeness (QED) is 0.617. The first kappa shape index (κ1) is 7.67. The number of rotatable bonds is 2. The average Bonchev–Trinajstić information content (AvgIpc) is 2.04. The lowest BCUT2D eigenvalue weighted by molar-refractivity contribution is 1.20. The van der Waals surface area contributed by atoms with E-state index in [-0.39, 0.29) is 0 Å². The highest BCUT2D eigenvalue weighted by atomic mass is 32.1. The molecule has 1 aromatic rings. The summed E-state index contributed by atoms with van der Waals surface area (Å²) in [6.45, 7) is 3.83. The zero-order valence-corrected chi connectivity index (χ0v) is 6.77. The van der Waals surface area contributed by atoms with Gasteiger partial charge in [-0.25, -0.2) is 0 Å². The fraction of sp³-hybridized carbons (Fsp3) is 0.222. The van der Waals surface area contributed by atoms with Crippen LogP contribution in [0, 0.1) is 6.92 Å². The van der Waals surface area contributed by atoms with Gasteiger partial charge >= 0.3 is 0 Å². The van der Waals surface area contributed by atoms with Gasteiger partial charge in [-0.15, -0.1) is 0 Å². The molecule has 1 radical (unpaired) electrons. The van der Waals surface area contributed by atoms with Crippen LogP contribution in [0.2, 0.25) is 0 Å². The standard InChI is InChI=1S/C9H11S/c1-2-8-5-3-4-6-9(8)7-10/h3-6,10H,1-2,7H2. The number of thiol groups is 1. The van der Waals surface area contributed by atoms with E-state index >= 15 is 0 Å². The van der Waals surface area contributed by atoms with Gasteiger partial charge in [0, 0.05) is 5.75 Å². The zero-order chi connectivity index (χ0) is 7.40. The highest BCUT2D eigenvalue weighted by Gasteiger charge is 1.94. The molecular weight excluding hydrogens is 140 g/mol. The molecule has 0 aliphatic carbocycles. The molecule has 0 heterocycles. The normalized spacial score (nSPS) is 9.80. The van der Waals surface area contributed by atoms with Crippen LogP contribution in [0.4, 0.5) is 0 Å².